The van der Waals surface area contributed by atoms with Gasteiger partial charge in [0.05, 0.1) is 6.61 Å². The molecule has 0 amide bonds. The largest absolute Gasteiger partial charge is 0.392 e. The average molecular weight is 203 g/mol. The van der Waals surface area contributed by atoms with Gasteiger partial charge in [0.15, 0.2) is 0 Å². The van der Waals surface area contributed by atoms with Gasteiger partial charge in [-0.1, -0.05) is 32.4 Å². The van der Waals surface area contributed by atoms with Crippen LogP contribution in [0.3, 0.4) is 0 Å². The maximum atomic E-state index is 9.10. The molecule has 0 bridgehead atoms. The average Bonchev–Trinajstić information content (AvgIpc) is 2.03. The number of rotatable bonds is 1. The van der Waals surface area contributed by atoms with Crippen LogP contribution in [0.4, 0.5) is 0 Å². The van der Waals surface area contributed by atoms with E-state index in [1.54, 1.807) is 0 Å². The summed E-state index contributed by atoms with van der Waals surface area (Å²) < 4.78 is 0. The second kappa shape index (κ2) is 4.02. The summed E-state index contributed by atoms with van der Waals surface area (Å²) in [5, 5.41) is 9.99. The lowest BCUT2D eigenvalue weighted by atomic mass is 9.72. The SMILES string of the molecule is CC(C)(C)[C@@H]1CCC(Cl)=C(CO)C1. The van der Waals surface area contributed by atoms with E-state index in [2.05, 4.69) is 20.8 Å². The molecule has 1 nitrogen and oxygen atoms in total. The van der Waals surface area contributed by atoms with Crippen LogP contribution in [0, 0.1) is 11.3 Å². The zero-order valence-corrected chi connectivity index (χ0v) is 9.49. The molecule has 0 radical (unpaired) electrons. The second-order valence-electron chi connectivity index (χ2n) is 4.97. The van der Waals surface area contributed by atoms with Gasteiger partial charge in [0.1, 0.15) is 0 Å². The molecule has 1 rings (SSSR count). The monoisotopic (exact) mass is 202 g/mol. The van der Waals surface area contributed by atoms with E-state index in [0.717, 1.165) is 29.9 Å². The number of aliphatic hydroxyl groups excluding tert-OH is 1. The van der Waals surface area contributed by atoms with Crippen LogP contribution in [-0.2, 0) is 0 Å². The fourth-order valence-electron chi connectivity index (χ4n) is 1.88. The smallest absolute Gasteiger partial charge is 0.0656 e. The third kappa shape index (κ3) is 2.72. The maximum Gasteiger partial charge on any atom is 0.0656 e. The standard InChI is InChI=1S/C11H19ClO/c1-11(2,3)9-4-5-10(12)8(6-9)7-13/h9,13H,4-7H2,1-3H3/t9-/m1/s1. The van der Waals surface area contributed by atoms with E-state index in [4.69, 9.17) is 16.7 Å². The summed E-state index contributed by atoms with van der Waals surface area (Å²) in [5.41, 5.74) is 1.38. The first-order chi connectivity index (χ1) is 5.95. The Balaban J connectivity index is 2.70. The highest BCUT2D eigenvalue weighted by Gasteiger charge is 2.28. The van der Waals surface area contributed by atoms with Crippen LogP contribution < -0.4 is 0 Å². The first kappa shape index (κ1) is 11.1. The fraction of sp³-hybridized carbons (Fsp3) is 0.818. The van der Waals surface area contributed by atoms with Crippen LogP contribution in [0.25, 0.3) is 0 Å². The molecular formula is C11H19ClO. The molecule has 0 spiro atoms. The van der Waals surface area contributed by atoms with Gasteiger partial charge in [-0.2, -0.15) is 0 Å². The molecule has 0 saturated heterocycles. The Bertz CT molecular complexity index is 213. The Morgan fingerprint density at radius 3 is 2.54 bits per heavy atom. The van der Waals surface area contributed by atoms with Gasteiger partial charge in [-0.05, 0) is 36.2 Å². The van der Waals surface area contributed by atoms with E-state index < -0.39 is 0 Å². The Labute approximate surface area is 85.8 Å². The first-order valence-electron chi connectivity index (χ1n) is 4.92. The molecule has 0 heterocycles. The Morgan fingerprint density at radius 1 is 1.46 bits per heavy atom. The molecule has 76 valence electrons. The summed E-state index contributed by atoms with van der Waals surface area (Å²) in [6.45, 7) is 6.90. The van der Waals surface area contributed by atoms with E-state index >= 15 is 0 Å². The highest BCUT2D eigenvalue weighted by Crippen LogP contribution is 2.40. The number of hydrogen-bond acceptors (Lipinski definition) is 1. The quantitative estimate of drug-likeness (QED) is 0.692. The van der Waals surface area contributed by atoms with Crippen molar-refractivity contribution in [2.45, 2.75) is 40.0 Å². The van der Waals surface area contributed by atoms with Gasteiger partial charge < -0.3 is 5.11 Å². The van der Waals surface area contributed by atoms with E-state index in [0.29, 0.717) is 11.3 Å². The molecule has 0 aliphatic heterocycles. The summed E-state index contributed by atoms with van der Waals surface area (Å²) in [6.07, 6.45) is 3.07. The van der Waals surface area contributed by atoms with Gasteiger partial charge >= 0.3 is 0 Å². The summed E-state index contributed by atoms with van der Waals surface area (Å²) >= 11 is 6.02. The van der Waals surface area contributed by atoms with Gasteiger partial charge in [0.2, 0.25) is 0 Å². The Kier molecular flexibility index (Phi) is 3.42. The van der Waals surface area contributed by atoms with Gasteiger partial charge in [-0.15, -0.1) is 0 Å². The minimum absolute atomic E-state index is 0.130. The minimum atomic E-state index is 0.130. The van der Waals surface area contributed by atoms with Crippen LogP contribution in [-0.4, -0.2) is 11.7 Å². The highest BCUT2D eigenvalue weighted by atomic mass is 35.5. The molecular weight excluding hydrogens is 184 g/mol. The fourth-order valence-corrected chi connectivity index (χ4v) is 2.12. The van der Waals surface area contributed by atoms with Crippen molar-refractivity contribution in [3.8, 4) is 0 Å². The molecule has 0 aromatic heterocycles. The third-order valence-electron chi connectivity index (χ3n) is 3.00. The number of hydrogen-bond donors (Lipinski definition) is 1. The molecule has 0 unspecified atom stereocenters. The van der Waals surface area contributed by atoms with Gasteiger partial charge in [-0.25, -0.2) is 0 Å². The van der Waals surface area contributed by atoms with Crippen molar-refractivity contribution in [1.82, 2.24) is 0 Å². The second-order valence-corrected chi connectivity index (χ2v) is 5.43. The molecule has 1 N–H and O–H groups in total. The Morgan fingerprint density at radius 2 is 2.08 bits per heavy atom. The van der Waals surface area contributed by atoms with Crippen molar-refractivity contribution in [1.29, 1.82) is 0 Å². The van der Waals surface area contributed by atoms with Crippen LogP contribution in [0.15, 0.2) is 10.6 Å². The number of allylic oxidation sites excluding steroid dienone is 1. The van der Waals surface area contributed by atoms with Crippen LogP contribution >= 0.6 is 11.6 Å². The lowest BCUT2D eigenvalue weighted by molar-refractivity contribution is 0.205. The van der Waals surface area contributed by atoms with Gasteiger partial charge in [-0.3, -0.25) is 0 Å². The van der Waals surface area contributed by atoms with Crippen molar-refractivity contribution >= 4 is 11.6 Å². The van der Waals surface area contributed by atoms with Crippen molar-refractivity contribution in [3.63, 3.8) is 0 Å². The van der Waals surface area contributed by atoms with E-state index in [9.17, 15) is 0 Å². The zero-order valence-electron chi connectivity index (χ0n) is 8.73. The predicted octanol–water partition coefficient (Wildman–Crippen LogP) is 3.32. The summed E-state index contributed by atoms with van der Waals surface area (Å²) in [5.74, 6) is 0.664. The molecule has 2 heteroatoms. The summed E-state index contributed by atoms with van der Waals surface area (Å²) in [6, 6.07) is 0. The van der Waals surface area contributed by atoms with Crippen molar-refractivity contribution in [3.05, 3.63) is 10.6 Å². The topological polar surface area (TPSA) is 20.2 Å². The molecule has 1 atom stereocenters. The van der Waals surface area contributed by atoms with Crippen molar-refractivity contribution < 1.29 is 5.11 Å². The summed E-state index contributed by atoms with van der Waals surface area (Å²) in [7, 11) is 0. The van der Waals surface area contributed by atoms with Crippen molar-refractivity contribution in [2.75, 3.05) is 6.61 Å². The normalized spacial score (nSPS) is 25.2. The molecule has 0 aromatic rings. The predicted molar refractivity (Wildman–Crippen MR) is 56.8 cm³/mol. The van der Waals surface area contributed by atoms with Crippen molar-refractivity contribution in [2.24, 2.45) is 11.3 Å². The van der Waals surface area contributed by atoms with Crippen LogP contribution in [0.5, 0.6) is 0 Å². The molecule has 0 aromatic carbocycles. The first-order valence-corrected chi connectivity index (χ1v) is 5.30. The highest BCUT2D eigenvalue weighted by molar-refractivity contribution is 6.30. The molecule has 1 aliphatic carbocycles. The van der Waals surface area contributed by atoms with Crippen LogP contribution in [0.1, 0.15) is 40.0 Å². The molecule has 13 heavy (non-hydrogen) atoms. The maximum absolute atomic E-state index is 9.10. The molecule has 1 aliphatic rings. The molecule has 0 fully saturated rings. The number of halogens is 1. The molecule has 0 saturated carbocycles. The van der Waals surface area contributed by atoms with Crippen LogP contribution in [0.2, 0.25) is 0 Å². The lowest BCUT2D eigenvalue weighted by Crippen LogP contribution is -2.24. The van der Waals surface area contributed by atoms with Gasteiger partial charge in [0.25, 0.3) is 0 Å². The lowest BCUT2D eigenvalue weighted by Gasteiger charge is -2.34. The van der Waals surface area contributed by atoms with E-state index in [1.807, 2.05) is 0 Å². The summed E-state index contributed by atoms with van der Waals surface area (Å²) in [4.78, 5) is 0. The minimum Gasteiger partial charge on any atom is -0.392 e. The van der Waals surface area contributed by atoms with E-state index in [1.165, 1.54) is 0 Å². The van der Waals surface area contributed by atoms with E-state index in [-0.39, 0.29) is 6.61 Å². The van der Waals surface area contributed by atoms with Gasteiger partial charge in [0, 0.05) is 5.03 Å². The number of aliphatic hydroxyl groups is 1. The third-order valence-corrected chi connectivity index (χ3v) is 3.46. The Hall–Kier alpha value is -0.0100. The zero-order chi connectivity index (χ0) is 10.1.